The highest BCUT2D eigenvalue weighted by Crippen LogP contribution is 2.21. The van der Waals surface area contributed by atoms with Gasteiger partial charge in [0.1, 0.15) is 6.33 Å². The lowest BCUT2D eigenvalue weighted by Gasteiger charge is -2.15. The number of aromatic nitrogens is 3. The Balaban J connectivity index is 1.81. The highest BCUT2D eigenvalue weighted by Gasteiger charge is 2.15. The molecule has 0 saturated carbocycles. The molecular weight excluding hydrogens is 300 g/mol. The van der Waals surface area contributed by atoms with Crippen molar-refractivity contribution in [2.45, 2.75) is 32.2 Å². The number of fused-ring (bicyclic) bond motifs is 2. The molecule has 1 aliphatic carbocycles. The van der Waals surface area contributed by atoms with Crippen molar-refractivity contribution in [3.8, 4) is 6.07 Å². The van der Waals surface area contributed by atoms with Crippen LogP contribution in [-0.2, 0) is 19.4 Å². The quantitative estimate of drug-likeness (QED) is 0.728. The molecule has 5 nitrogen and oxygen atoms in total. The summed E-state index contributed by atoms with van der Waals surface area (Å²) in [5.41, 5.74) is 4.05. The summed E-state index contributed by atoms with van der Waals surface area (Å²) in [6.45, 7) is 0.336. The van der Waals surface area contributed by atoms with Crippen LogP contribution in [0.4, 0.5) is 0 Å². The molecule has 1 aliphatic rings. The minimum Gasteiger partial charge on any atom is -0.294 e. The van der Waals surface area contributed by atoms with Crippen LogP contribution >= 0.6 is 0 Å². The van der Waals surface area contributed by atoms with E-state index in [1.54, 1.807) is 10.6 Å². The largest absolute Gasteiger partial charge is 0.294 e. The number of aryl methyl sites for hydroxylation is 2. The zero-order valence-electron chi connectivity index (χ0n) is 13.2. The standard InChI is InChI=1S/C19H16N4O/c20-10-14-6-1-2-7-15(14)11-23-12-21-18-16(19(23)24)9-13-5-3-4-8-17(13)22-18/h1-2,6-7,9,12H,3-5,8,11H2. The van der Waals surface area contributed by atoms with E-state index >= 15 is 0 Å². The van der Waals surface area contributed by atoms with E-state index in [1.165, 1.54) is 11.9 Å². The van der Waals surface area contributed by atoms with Crippen LogP contribution in [0, 0.1) is 11.3 Å². The molecule has 0 saturated heterocycles. The molecule has 0 unspecified atom stereocenters. The molecule has 118 valence electrons. The molecule has 0 N–H and O–H groups in total. The summed E-state index contributed by atoms with van der Waals surface area (Å²) in [6.07, 6.45) is 5.76. The maximum absolute atomic E-state index is 12.8. The number of benzene rings is 1. The predicted molar refractivity (Wildman–Crippen MR) is 90.7 cm³/mol. The fourth-order valence-electron chi connectivity index (χ4n) is 3.27. The first-order chi connectivity index (χ1) is 11.8. The number of hydrogen-bond acceptors (Lipinski definition) is 4. The van der Waals surface area contributed by atoms with Crippen LogP contribution in [0.3, 0.4) is 0 Å². The second kappa shape index (κ2) is 5.89. The molecule has 24 heavy (non-hydrogen) atoms. The highest BCUT2D eigenvalue weighted by atomic mass is 16.1. The Labute approximate surface area is 139 Å². The van der Waals surface area contributed by atoms with Gasteiger partial charge in [-0.3, -0.25) is 9.36 Å². The summed E-state index contributed by atoms with van der Waals surface area (Å²) in [4.78, 5) is 21.8. The second-order valence-electron chi connectivity index (χ2n) is 6.12. The number of nitriles is 1. The molecule has 0 atom stereocenters. The average Bonchev–Trinajstić information content (AvgIpc) is 2.63. The Bertz CT molecular complexity index is 1030. The van der Waals surface area contributed by atoms with Crippen molar-refractivity contribution in [3.05, 3.63) is 69.4 Å². The van der Waals surface area contributed by atoms with Gasteiger partial charge >= 0.3 is 0 Å². The summed E-state index contributed by atoms with van der Waals surface area (Å²) < 4.78 is 1.55. The summed E-state index contributed by atoms with van der Waals surface area (Å²) >= 11 is 0. The lowest BCUT2D eigenvalue weighted by Crippen LogP contribution is -2.22. The molecule has 3 aromatic rings. The average molecular weight is 316 g/mol. The van der Waals surface area contributed by atoms with E-state index < -0.39 is 0 Å². The van der Waals surface area contributed by atoms with Gasteiger partial charge in [-0.05, 0) is 48.9 Å². The van der Waals surface area contributed by atoms with Gasteiger partial charge in [-0.25, -0.2) is 9.97 Å². The molecule has 0 bridgehead atoms. The van der Waals surface area contributed by atoms with Crippen LogP contribution in [0.25, 0.3) is 11.0 Å². The molecule has 0 fully saturated rings. The Morgan fingerprint density at radius 3 is 2.92 bits per heavy atom. The fourth-order valence-corrected chi connectivity index (χ4v) is 3.27. The van der Waals surface area contributed by atoms with E-state index in [2.05, 4.69) is 16.0 Å². The van der Waals surface area contributed by atoms with Gasteiger partial charge in [-0.2, -0.15) is 5.26 Å². The van der Waals surface area contributed by atoms with Crippen molar-refractivity contribution >= 4 is 11.0 Å². The van der Waals surface area contributed by atoms with Crippen LogP contribution in [-0.4, -0.2) is 14.5 Å². The van der Waals surface area contributed by atoms with Crippen molar-refractivity contribution in [1.82, 2.24) is 14.5 Å². The molecule has 1 aromatic carbocycles. The topological polar surface area (TPSA) is 71.6 Å². The summed E-state index contributed by atoms with van der Waals surface area (Å²) in [5.74, 6) is 0. The summed E-state index contributed by atoms with van der Waals surface area (Å²) in [6, 6.07) is 11.4. The first-order valence-electron chi connectivity index (χ1n) is 8.12. The van der Waals surface area contributed by atoms with E-state index in [0.717, 1.165) is 36.9 Å². The molecule has 2 aromatic heterocycles. The monoisotopic (exact) mass is 316 g/mol. The fraction of sp³-hybridized carbons (Fsp3) is 0.263. The summed E-state index contributed by atoms with van der Waals surface area (Å²) in [7, 11) is 0. The van der Waals surface area contributed by atoms with E-state index in [0.29, 0.717) is 23.1 Å². The first-order valence-corrected chi connectivity index (χ1v) is 8.12. The zero-order valence-corrected chi connectivity index (χ0v) is 13.2. The number of nitrogens with zero attached hydrogens (tertiary/aromatic N) is 4. The van der Waals surface area contributed by atoms with Crippen LogP contribution in [0.5, 0.6) is 0 Å². The number of pyridine rings is 1. The van der Waals surface area contributed by atoms with Crippen molar-refractivity contribution in [3.63, 3.8) is 0 Å². The zero-order chi connectivity index (χ0) is 16.5. The minimum atomic E-state index is -0.103. The molecule has 0 amide bonds. The third-order valence-corrected chi connectivity index (χ3v) is 4.57. The molecular formula is C19H16N4O. The van der Waals surface area contributed by atoms with Gasteiger partial charge < -0.3 is 0 Å². The van der Waals surface area contributed by atoms with Crippen LogP contribution < -0.4 is 5.56 Å². The lowest BCUT2D eigenvalue weighted by molar-refractivity contribution is 0.669. The minimum absolute atomic E-state index is 0.103. The smallest absolute Gasteiger partial charge is 0.263 e. The molecule has 4 rings (SSSR count). The van der Waals surface area contributed by atoms with Crippen LogP contribution in [0.15, 0.2) is 41.5 Å². The van der Waals surface area contributed by atoms with Gasteiger partial charge in [0.2, 0.25) is 0 Å². The van der Waals surface area contributed by atoms with Crippen molar-refractivity contribution in [1.29, 1.82) is 5.26 Å². The van der Waals surface area contributed by atoms with Gasteiger partial charge in [0.25, 0.3) is 5.56 Å². The predicted octanol–water partition coefficient (Wildman–Crippen LogP) is 2.59. The molecule has 5 heteroatoms. The number of rotatable bonds is 2. The SMILES string of the molecule is N#Cc1ccccc1Cn1cnc2nc3c(cc2c1=O)CCCC3. The molecule has 0 radical (unpaired) electrons. The Kier molecular flexibility index (Phi) is 3.58. The lowest BCUT2D eigenvalue weighted by atomic mass is 9.95. The third kappa shape index (κ3) is 2.46. The van der Waals surface area contributed by atoms with Gasteiger partial charge in [-0.15, -0.1) is 0 Å². The Morgan fingerprint density at radius 2 is 2.04 bits per heavy atom. The van der Waals surface area contributed by atoms with Gasteiger partial charge in [0.15, 0.2) is 5.65 Å². The molecule has 2 heterocycles. The van der Waals surface area contributed by atoms with E-state index in [4.69, 9.17) is 0 Å². The highest BCUT2D eigenvalue weighted by molar-refractivity contribution is 5.74. The van der Waals surface area contributed by atoms with E-state index in [1.807, 2.05) is 24.3 Å². The van der Waals surface area contributed by atoms with Gasteiger partial charge in [0, 0.05) is 5.69 Å². The third-order valence-electron chi connectivity index (χ3n) is 4.57. The van der Waals surface area contributed by atoms with Crippen molar-refractivity contribution in [2.24, 2.45) is 0 Å². The normalized spacial score (nSPS) is 13.5. The maximum atomic E-state index is 12.8. The van der Waals surface area contributed by atoms with E-state index in [-0.39, 0.29) is 5.56 Å². The Hall–Kier alpha value is -3.00. The van der Waals surface area contributed by atoms with Crippen LogP contribution in [0.1, 0.15) is 35.2 Å². The second-order valence-corrected chi connectivity index (χ2v) is 6.12. The summed E-state index contributed by atoms with van der Waals surface area (Å²) in [5, 5.41) is 9.77. The number of hydrogen-bond donors (Lipinski definition) is 0. The van der Waals surface area contributed by atoms with Crippen LogP contribution in [0.2, 0.25) is 0 Å². The molecule has 0 aliphatic heterocycles. The molecule has 0 spiro atoms. The Morgan fingerprint density at radius 1 is 1.21 bits per heavy atom. The van der Waals surface area contributed by atoms with Crippen molar-refractivity contribution in [2.75, 3.05) is 0 Å². The van der Waals surface area contributed by atoms with Crippen molar-refractivity contribution < 1.29 is 0 Å². The van der Waals surface area contributed by atoms with Gasteiger partial charge in [-0.1, -0.05) is 18.2 Å². The maximum Gasteiger partial charge on any atom is 0.263 e. The van der Waals surface area contributed by atoms with Gasteiger partial charge in [0.05, 0.1) is 23.6 Å². The first kappa shape index (κ1) is 14.6. The van der Waals surface area contributed by atoms with E-state index in [9.17, 15) is 10.1 Å².